The fourth-order valence-electron chi connectivity index (χ4n) is 1.26. The molecule has 1 aromatic carbocycles. The Morgan fingerprint density at radius 2 is 1.62 bits per heavy atom. The SMILES string of the molecule is Cc1cc(C(C)(C)C)cc([S-])c1C. The molecule has 13 heavy (non-hydrogen) atoms. The minimum Gasteiger partial charge on any atom is -0.779 e. The molecule has 0 fully saturated rings. The van der Waals surface area contributed by atoms with Crippen LogP contribution in [0.2, 0.25) is 0 Å². The van der Waals surface area contributed by atoms with Crippen LogP contribution in [0.15, 0.2) is 17.0 Å². The standard InChI is InChI=1S/C12H18S/c1-8-6-10(12(3,4)5)7-11(13)9(8)2/h6-7,13H,1-5H3/p-1. The third-order valence-corrected chi connectivity index (χ3v) is 2.91. The molecular formula is C12H17S-. The van der Waals surface area contributed by atoms with E-state index in [9.17, 15) is 0 Å². The van der Waals surface area contributed by atoms with Crippen molar-refractivity contribution in [1.29, 1.82) is 0 Å². The quantitative estimate of drug-likeness (QED) is 0.568. The Labute approximate surface area is 86.8 Å². The van der Waals surface area contributed by atoms with Crippen LogP contribution in [0.4, 0.5) is 0 Å². The zero-order chi connectivity index (χ0) is 10.2. The normalized spacial score (nSPS) is 11.8. The Hall–Kier alpha value is -0.560. The molecule has 0 saturated heterocycles. The summed E-state index contributed by atoms with van der Waals surface area (Å²) in [5, 5.41) is 0. The zero-order valence-corrected chi connectivity index (χ0v) is 9.88. The Bertz CT molecular complexity index is 295. The topological polar surface area (TPSA) is 0 Å². The number of rotatable bonds is 0. The molecule has 0 N–H and O–H groups in total. The van der Waals surface area contributed by atoms with Gasteiger partial charge in [0.1, 0.15) is 0 Å². The van der Waals surface area contributed by atoms with Gasteiger partial charge < -0.3 is 12.6 Å². The maximum absolute atomic E-state index is 5.30. The van der Waals surface area contributed by atoms with Gasteiger partial charge in [0.25, 0.3) is 0 Å². The van der Waals surface area contributed by atoms with Gasteiger partial charge in [-0.25, -0.2) is 0 Å². The molecule has 0 amide bonds. The molecule has 0 spiro atoms. The molecule has 0 heterocycles. The highest BCUT2D eigenvalue weighted by Crippen LogP contribution is 2.26. The third-order valence-electron chi connectivity index (χ3n) is 2.49. The Morgan fingerprint density at radius 1 is 1.08 bits per heavy atom. The molecule has 0 aliphatic carbocycles. The first-order valence-electron chi connectivity index (χ1n) is 4.61. The van der Waals surface area contributed by atoms with Gasteiger partial charge in [-0.05, 0) is 30.4 Å². The van der Waals surface area contributed by atoms with E-state index in [2.05, 4.69) is 46.8 Å². The summed E-state index contributed by atoms with van der Waals surface area (Å²) in [6, 6.07) is 4.36. The summed E-state index contributed by atoms with van der Waals surface area (Å²) in [5.74, 6) is 0. The number of benzene rings is 1. The number of hydrogen-bond donors (Lipinski definition) is 0. The lowest BCUT2D eigenvalue weighted by molar-refractivity contribution is 0.587. The summed E-state index contributed by atoms with van der Waals surface area (Å²) in [7, 11) is 0. The summed E-state index contributed by atoms with van der Waals surface area (Å²) in [5.41, 5.74) is 4.08. The highest BCUT2D eigenvalue weighted by atomic mass is 32.1. The number of aryl methyl sites for hydroxylation is 1. The first-order valence-corrected chi connectivity index (χ1v) is 5.02. The average Bonchev–Trinajstić information content (AvgIpc) is 1.97. The fourth-order valence-corrected chi connectivity index (χ4v) is 1.55. The lowest BCUT2D eigenvalue weighted by Crippen LogP contribution is -2.11. The van der Waals surface area contributed by atoms with Crippen molar-refractivity contribution in [2.24, 2.45) is 0 Å². The van der Waals surface area contributed by atoms with Gasteiger partial charge in [-0.3, -0.25) is 0 Å². The third kappa shape index (κ3) is 2.22. The van der Waals surface area contributed by atoms with E-state index < -0.39 is 0 Å². The molecule has 0 radical (unpaired) electrons. The van der Waals surface area contributed by atoms with Crippen molar-refractivity contribution in [1.82, 2.24) is 0 Å². The zero-order valence-electron chi connectivity index (χ0n) is 9.06. The van der Waals surface area contributed by atoms with E-state index in [4.69, 9.17) is 12.6 Å². The van der Waals surface area contributed by atoms with E-state index in [-0.39, 0.29) is 5.41 Å². The maximum atomic E-state index is 5.30. The summed E-state index contributed by atoms with van der Waals surface area (Å²) in [4.78, 5) is 0.991. The van der Waals surface area contributed by atoms with Crippen molar-refractivity contribution in [3.05, 3.63) is 28.8 Å². The van der Waals surface area contributed by atoms with Gasteiger partial charge >= 0.3 is 0 Å². The van der Waals surface area contributed by atoms with Gasteiger partial charge in [0.05, 0.1) is 0 Å². The van der Waals surface area contributed by atoms with Crippen LogP contribution in [0.3, 0.4) is 0 Å². The molecule has 1 heteroatoms. The van der Waals surface area contributed by atoms with Crippen molar-refractivity contribution in [2.45, 2.75) is 44.9 Å². The van der Waals surface area contributed by atoms with Crippen LogP contribution >= 0.6 is 0 Å². The van der Waals surface area contributed by atoms with Crippen LogP contribution in [0.5, 0.6) is 0 Å². The molecule has 0 aromatic heterocycles. The minimum atomic E-state index is 0.200. The minimum absolute atomic E-state index is 0.200. The lowest BCUT2D eigenvalue weighted by atomic mass is 9.85. The second-order valence-electron chi connectivity index (χ2n) is 4.67. The van der Waals surface area contributed by atoms with E-state index in [1.807, 2.05) is 0 Å². The van der Waals surface area contributed by atoms with Crippen molar-refractivity contribution >= 4 is 12.6 Å². The summed E-state index contributed by atoms with van der Waals surface area (Å²) >= 11 is 5.30. The van der Waals surface area contributed by atoms with Gasteiger partial charge in [-0.1, -0.05) is 38.5 Å². The Kier molecular flexibility index (Phi) is 2.67. The molecule has 0 saturated carbocycles. The van der Waals surface area contributed by atoms with E-state index in [0.717, 1.165) is 4.90 Å². The summed E-state index contributed by atoms with van der Waals surface area (Å²) < 4.78 is 0. The van der Waals surface area contributed by atoms with Crippen molar-refractivity contribution in [2.75, 3.05) is 0 Å². The smallest absolute Gasteiger partial charge is 0.0132 e. The molecule has 0 atom stereocenters. The largest absolute Gasteiger partial charge is 0.779 e. The van der Waals surface area contributed by atoms with Crippen LogP contribution in [-0.4, -0.2) is 0 Å². The van der Waals surface area contributed by atoms with Gasteiger partial charge in [0.2, 0.25) is 0 Å². The summed E-state index contributed by atoms with van der Waals surface area (Å²) in [6.07, 6.45) is 0. The van der Waals surface area contributed by atoms with E-state index >= 15 is 0 Å². The van der Waals surface area contributed by atoms with E-state index in [1.54, 1.807) is 0 Å². The molecule has 0 nitrogen and oxygen atoms in total. The van der Waals surface area contributed by atoms with Crippen molar-refractivity contribution in [3.8, 4) is 0 Å². The van der Waals surface area contributed by atoms with Gasteiger partial charge in [-0.15, -0.1) is 0 Å². The average molecular weight is 193 g/mol. The fraction of sp³-hybridized carbons (Fsp3) is 0.500. The molecule has 1 aromatic rings. The first kappa shape index (κ1) is 10.5. The van der Waals surface area contributed by atoms with Crippen molar-refractivity contribution < 1.29 is 0 Å². The summed E-state index contributed by atoms with van der Waals surface area (Å²) in [6.45, 7) is 10.9. The first-order chi connectivity index (χ1) is 5.82. The predicted octanol–water partition coefficient (Wildman–Crippen LogP) is 3.51. The van der Waals surface area contributed by atoms with Crippen LogP contribution in [0, 0.1) is 13.8 Å². The molecular weight excluding hydrogens is 176 g/mol. The maximum Gasteiger partial charge on any atom is -0.0132 e. The molecule has 1 rings (SSSR count). The predicted molar refractivity (Wildman–Crippen MR) is 60.2 cm³/mol. The highest BCUT2D eigenvalue weighted by molar-refractivity contribution is 7.58. The Morgan fingerprint density at radius 3 is 2.00 bits per heavy atom. The second kappa shape index (κ2) is 3.30. The van der Waals surface area contributed by atoms with Crippen LogP contribution in [-0.2, 0) is 18.0 Å². The second-order valence-corrected chi connectivity index (χ2v) is 5.11. The molecule has 0 unspecified atom stereocenters. The number of hydrogen-bond acceptors (Lipinski definition) is 1. The van der Waals surface area contributed by atoms with E-state index in [0.29, 0.717) is 0 Å². The monoisotopic (exact) mass is 193 g/mol. The Balaban J connectivity index is 3.29. The molecule has 0 aliphatic heterocycles. The van der Waals surface area contributed by atoms with Crippen LogP contribution < -0.4 is 0 Å². The van der Waals surface area contributed by atoms with E-state index in [1.165, 1.54) is 16.7 Å². The lowest BCUT2D eigenvalue weighted by Gasteiger charge is -2.24. The molecule has 72 valence electrons. The molecule has 0 bridgehead atoms. The van der Waals surface area contributed by atoms with Gasteiger partial charge in [-0.2, -0.15) is 4.90 Å². The molecule has 0 aliphatic rings. The van der Waals surface area contributed by atoms with Crippen LogP contribution in [0.25, 0.3) is 0 Å². The van der Waals surface area contributed by atoms with Crippen LogP contribution in [0.1, 0.15) is 37.5 Å². The van der Waals surface area contributed by atoms with Gasteiger partial charge in [0, 0.05) is 0 Å². The van der Waals surface area contributed by atoms with Crippen molar-refractivity contribution in [3.63, 3.8) is 0 Å². The highest BCUT2D eigenvalue weighted by Gasteiger charge is 2.13. The van der Waals surface area contributed by atoms with Gasteiger partial charge in [0.15, 0.2) is 0 Å².